The summed E-state index contributed by atoms with van der Waals surface area (Å²) in [6, 6.07) is 7.91. The maximum Gasteiger partial charge on any atom is 0.331 e. The number of aliphatic hydroxyl groups is 4. The number of benzene rings is 2. The normalized spacial score (nSPS) is 28.6. The maximum atomic E-state index is 13.1. The molecule has 0 spiro atoms. The summed E-state index contributed by atoms with van der Waals surface area (Å²) >= 11 is 0. The third-order valence-corrected chi connectivity index (χ3v) is 7.41. The Balaban J connectivity index is 1.50. The summed E-state index contributed by atoms with van der Waals surface area (Å²) in [5, 5.41) is 50.3. The predicted octanol–water partition coefficient (Wildman–Crippen LogP) is 1.50. The molecule has 0 bridgehead atoms. The van der Waals surface area contributed by atoms with Crippen LogP contribution in [0.15, 0.2) is 36.4 Å². The van der Waals surface area contributed by atoms with Crippen molar-refractivity contribution in [2.45, 2.75) is 64.0 Å². The average Bonchev–Trinajstić information content (AvgIpc) is 3.14. The van der Waals surface area contributed by atoms with Crippen molar-refractivity contribution in [3.05, 3.63) is 69.8 Å². The molecule has 2 aromatic rings. The highest BCUT2D eigenvalue weighted by molar-refractivity contribution is 6.04. The second-order valence-electron chi connectivity index (χ2n) is 9.98. The fraction of sp³-hybridized carbons (Fsp3) is 0.448. The fourth-order valence-electron chi connectivity index (χ4n) is 5.31. The fourth-order valence-corrected chi connectivity index (χ4v) is 5.31. The molecule has 7 unspecified atom stereocenters. The smallest absolute Gasteiger partial charge is 0.331 e. The van der Waals surface area contributed by atoms with Crippen molar-refractivity contribution in [1.82, 2.24) is 0 Å². The number of carbonyl (C=O) groups is 2. The van der Waals surface area contributed by atoms with Crippen molar-refractivity contribution >= 4 is 17.8 Å². The molecule has 1 fully saturated rings. The van der Waals surface area contributed by atoms with Gasteiger partial charge < -0.3 is 39.7 Å². The molecular formula is C29H34O10. The van der Waals surface area contributed by atoms with Crippen LogP contribution in [-0.4, -0.2) is 81.2 Å². The van der Waals surface area contributed by atoms with Crippen molar-refractivity contribution in [3.63, 3.8) is 0 Å². The van der Waals surface area contributed by atoms with Crippen molar-refractivity contribution in [2.75, 3.05) is 13.2 Å². The van der Waals surface area contributed by atoms with E-state index in [1.807, 2.05) is 19.9 Å². The van der Waals surface area contributed by atoms with Gasteiger partial charge in [0.25, 0.3) is 0 Å². The molecule has 39 heavy (non-hydrogen) atoms. The monoisotopic (exact) mass is 542 g/mol. The number of hydrogen-bond donors (Lipinski definition) is 5. The number of hydrogen-bond acceptors (Lipinski definition) is 10. The third-order valence-electron chi connectivity index (χ3n) is 7.41. The number of ketones is 1. The molecule has 0 radical (unpaired) electrons. The first-order valence-electron chi connectivity index (χ1n) is 12.8. The van der Waals surface area contributed by atoms with Crippen LogP contribution in [0.2, 0.25) is 0 Å². The Morgan fingerprint density at radius 3 is 2.44 bits per heavy atom. The third kappa shape index (κ3) is 5.76. The SMILES string of the molecule is Cc1cc2c(c(C)c1CCO)C(=O)C(C)C2OC1OC(CO)C(OC(=O)C=Cc2ccc(O)cc2)C(O)C1O. The summed E-state index contributed by atoms with van der Waals surface area (Å²) in [6.07, 6.45) is -5.11. The number of aliphatic hydroxyl groups excluding tert-OH is 4. The molecule has 0 saturated carbocycles. The number of aryl methyl sites for hydroxylation is 1. The number of phenols is 1. The van der Waals surface area contributed by atoms with Crippen LogP contribution >= 0.6 is 0 Å². The summed E-state index contributed by atoms with van der Waals surface area (Å²) < 4.78 is 17.1. The molecule has 1 aliphatic heterocycles. The van der Waals surface area contributed by atoms with Gasteiger partial charge in [0, 0.05) is 18.2 Å². The number of esters is 1. The number of rotatable bonds is 8. The lowest BCUT2D eigenvalue weighted by atomic mass is 9.92. The van der Waals surface area contributed by atoms with Crippen molar-refractivity contribution < 1.29 is 49.3 Å². The first kappa shape index (κ1) is 28.9. The zero-order valence-corrected chi connectivity index (χ0v) is 22.0. The first-order valence-corrected chi connectivity index (χ1v) is 12.8. The summed E-state index contributed by atoms with van der Waals surface area (Å²) in [5.41, 5.74) is 4.31. The molecule has 210 valence electrons. The Bertz CT molecular complexity index is 1240. The minimum atomic E-state index is -1.64. The summed E-state index contributed by atoms with van der Waals surface area (Å²) in [6.45, 7) is 4.73. The lowest BCUT2D eigenvalue weighted by Gasteiger charge is -2.42. The topological polar surface area (TPSA) is 163 Å². The number of phenolic OH excluding ortho intramolecular Hbond substituents is 1. The lowest BCUT2D eigenvalue weighted by molar-refractivity contribution is -0.315. The molecule has 5 N–H and O–H groups in total. The maximum absolute atomic E-state index is 13.1. The molecule has 0 amide bonds. The minimum absolute atomic E-state index is 0.0506. The van der Waals surface area contributed by atoms with E-state index in [9.17, 15) is 35.1 Å². The van der Waals surface area contributed by atoms with Gasteiger partial charge in [0.2, 0.25) is 0 Å². The molecule has 10 heteroatoms. The van der Waals surface area contributed by atoms with E-state index in [2.05, 4.69) is 0 Å². The van der Waals surface area contributed by atoms with Crippen LogP contribution in [0.3, 0.4) is 0 Å². The van der Waals surface area contributed by atoms with E-state index in [1.165, 1.54) is 18.2 Å². The molecule has 7 atom stereocenters. The quantitative estimate of drug-likeness (QED) is 0.244. The Morgan fingerprint density at radius 1 is 1.10 bits per heavy atom. The first-order chi connectivity index (χ1) is 18.6. The van der Waals surface area contributed by atoms with Crippen LogP contribution in [0.4, 0.5) is 0 Å². The van der Waals surface area contributed by atoms with Gasteiger partial charge in [0.05, 0.1) is 18.6 Å². The number of Topliss-reactive ketones (excluding diaryl/α,β-unsaturated/α-hetero) is 1. The summed E-state index contributed by atoms with van der Waals surface area (Å²) in [5.74, 6) is -1.51. The van der Waals surface area contributed by atoms with E-state index in [-0.39, 0.29) is 18.1 Å². The molecule has 10 nitrogen and oxygen atoms in total. The molecule has 4 rings (SSSR count). The molecule has 1 heterocycles. The van der Waals surface area contributed by atoms with Crippen LogP contribution in [0.1, 0.15) is 51.2 Å². The molecule has 2 aromatic carbocycles. The second kappa shape index (κ2) is 12.0. The van der Waals surface area contributed by atoms with Gasteiger partial charge >= 0.3 is 5.97 Å². The van der Waals surface area contributed by atoms with Crippen LogP contribution in [0, 0.1) is 19.8 Å². The van der Waals surface area contributed by atoms with Crippen LogP contribution in [0.25, 0.3) is 6.08 Å². The Kier molecular flexibility index (Phi) is 8.85. The van der Waals surface area contributed by atoms with Gasteiger partial charge in [-0.2, -0.15) is 0 Å². The van der Waals surface area contributed by atoms with Crippen molar-refractivity contribution in [2.24, 2.45) is 5.92 Å². The Labute approximate surface area is 226 Å². The number of ether oxygens (including phenoxy) is 3. The lowest BCUT2D eigenvalue weighted by Crippen LogP contribution is -2.60. The van der Waals surface area contributed by atoms with Gasteiger partial charge in [-0.15, -0.1) is 0 Å². The van der Waals surface area contributed by atoms with Crippen molar-refractivity contribution in [3.8, 4) is 5.75 Å². The van der Waals surface area contributed by atoms with Crippen LogP contribution < -0.4 is 0 Å². The average molecular weight is 543 g/mol. The minimum Gasteiger partial charge on any atom is -0.508 e. The number of fused-ring (bicyclic) bond motifs is 1. The van der Waals surface area contributed by atoms with E-state index in [4.69, 9.17) is 14.2 Å². The number of aromatic hydroxyl groups is 1. The highest BCUT2D eigenvalue weighted by Crippen LogP contribution is 2.43. The highest BCUT2D eigenvalue weighted by atomic mass is 16.7. The van der Waals surface area contributed by atoms with Gasteiger partial charge in [0.1, 0.15) is 24.1 Å². The summed E-state index contributed by atoms with van der Waals surface area (Å²) in [7, 11) is 0. The molecule has 2 aliphatic rings. The predicted molar refractivity (Wildman–Crippen MR) is 139 cm³/mol. The largest absolute Gasteiger partial charge is 0.508 e. The van der Waals surface area contributed by atoms with Gasteiger partial charge in [-0.1, -0.05) is 25.1 Å². The van der Waals surface area contributed by atoms with Gasteiger partial charge in [0.15, 0.2) is 18.2 Å². The van der Waals surface area contributed by atoms with E-state index < -0.39 is 55.3 Å². The second-order valence-corrected chi connectivity index (χ2v) is 9.98. The molecule has 1 aliphatic carbocycles. The molecule has 0 aromatic heterocycles. The van der Waals surface area contributed by atoms with Gasteiger partial charge in [-0.25, -0.2) is 4.79 Å². The zero-order chi connectivity index (χ0) is 28.4. The highest BCUT2D eigenvalue weighted by Gasteiger charge is 2.49. The standard InChI is InChI=1S/C29H34O10/c1-14-12-20-23(15(2)19(14)10-11-30)24(34)16(3)27(20)39-29-26(36)25(35)28(21(13-31)37-29)38-22(33)9-6-17-4-7-18(32)8-5-17/h4-9,12,16,21,25-32,35-36H,10-11,13H2,1-3H3. The van der Waals surface area contributed by atoms with Crippen LogP contribution in [0.5, 0.6) is 5.75 Å². The van der Waals surface area contributed by atoms with Crippen molar-refractivity contribution in [1.29, 1.82) is 0 Å². The van der Waals surface area contributed by atoms with E-state index >= 15 is 0 Å². The molecule has 1 saturated heterocycles. The number of carbonyl (C=O) groups excluding carboxylic acids is 2. The Hall–Kier alpha value is -3.12. The van der Waals surface area contributed by atoms with Gasteiger partial charge in [-0.05, 0) is 66.3 Å². The Morgan fingerprint density at radius 2 is 1.79 bits per heavy atom. The van der Waals surface area contributed by atoms with Crippen LogP contribution in [-0.2, 0) is 25.4 Å². The molecular weight excluding hydrogens is 508 g/mol. The van der Waals surface area contributed by atoms with E-state index in [0.29, 0.717) is 23.1 Å². The van der Waals surface area contributed by atoms with E-state index in [1.54, 1.807) is 19.1 Å². The van der Waals surface area contributed by atoms with Gasteiger partial charge in [-0.3, -0.25) is 4.79 Å². The van der Waals surface area contributed by atoms with E-state index in [0.717, 1.165) is 22.8 Å². The zero-order valence-electron chi connectivity index (χ0n) is 22.0. The summed E-state index contributed by atoms with van der Waals surface area (Å²) in [4.78, 5) is 25.6.